The lowest BCUT2D eigenvalue weighted by Gasteiger charge is -2.11. The first-order chi connectivity index (χ1) is 4.85. The summed E-state index contributed by atoms with van der Waals surface area (Å²) in [5, 5.41) is 3.16. The summed E-state index contributed by atoms with van der Waals surface area (Å²) in [5.41, 5.74) is 0. The summed E-state index contributed by atoms with van der Waals surface area (Å²) in [4.78, 5) is 0. The van der Waals surface area contributed by atoms with Crippen LogP contribution in [0, 0.1) is 5.92 Å². The van der Waals surface area contributed by atoms with Crippen molar-refractivity contribution in [3.63, 3.8) is 0 Å². The van der Waals surface area contributed by atoms with Crippen molar-refractivity contribution < 1.29 is 0 Å². The van der Waals surface area contributed by atoms with E-state index in [0.717, 1.165) is 12.5 Å². The molecule has 0 aromatic rings. The molecule has 0 saturated heterocycles. The van der Waals surface area contributed by atoms with Crippen molar-refractivity contribution in [2.24, 2.45) is 5.92 Å². The summed E-state index contributed by atoms with van der Waals surface area (Å²) < 4.78 is 0. The zero-order valence-electron chi connectivity index (χ0n) is 6.76. The Balaban J connectivity index is 3.21. The molecule has 0 bridgehead atoms. The highest BCUT2D eigenvalue weighted by Crippen LogP contribution is 2.17. The van der Waals surface area contributed by atoms with E-state index in [1.807, 2.05) is 7.05 Å². The fraction of sp³-hybridized carbons (Fsp3) is 1.00. The van der Waals surface area contributed by atoms with Crippen molar-refractivity contribution in [2.45, 2.75) is 19.8 Å². The first-order valence-corrected chi connectivity index (χ1v) is 5.79. The average Bonchev–Trinajstić information content (AvgIpc) is 1.98. The van der Waals surface area contributed by atoms with Crippen LogP contribution in [-0.2, 0) is 0 Å². The van der Waals surface area contributed by atoms with Crippen LogP contribution in [0.15, 0.2) is 0 Å². The van der Waals surface area contributed by atoms with E-state index in [1.54, 1.807) is 10.8 Å². The minimum Gasteiger partial charge on any atom is -0.320 e. The molecule has 0 aromatic carbocycles. The molecule has 0 fully saturated rings. The van der Waals surface area contributed by atoms with Gasteiger partial charge in [0.05, 0.1) is 0 Å². The predicted molar refractivity (Wildman–Crippen MR) is 53.8 cm³/mol. The number of rotatable bonds is 6. The fourth-order valence-corrected chi connectivity index (χ4v) is 2.10. The van der Waals surface area contributed by atoms with Crippen molar-refractivity contribution in [3.05, 3.63) is 0 Å². The van der Waals surface area contributed by atoms with Gasteiger partial charge in [-0.3, -0.25) is 0 Å². The summed E-state index contributed by atoms with van der Waals surface area (Å²) >= 11 is 4.13. The molecule has 0 spiro atoms. The molecule has 1 atom stereocenters. The van der Waals surface area contributed by atoms with E-state index in [-0.39, 0.29) is 0 Å². The molecule has 0 rings (SSSR count). The van der Waals surface area contributed by atoms with Gasteiger partial charge in [-0.05, 0) is 25.9 Å². The van der Waals surface area contributed by atoms with Gasteiger partial charge in [0, 0.05) is 5.75 Å². The maximum absolute atomic E-state index is 4.13. The van der Waals surface area contributed by atoms with E-state index in [9.17, 15) is 0 Å². The molecule has 1 N–H and O–H groups in total. The maximum Gasteiger partial charge on any atom is 0.00632 e. The quantitative estimate of drug-likeness (QED) is 0.479. The van der Waals surface area contributed by atoms with Crippen LogP contribution in [0.2, 0.25) is 0 Å². The van der Waals surface area contributed by atoms with Gasteiger partial charge in [0.15, 0.2) is 0 Å². The predicted octanol–water partition coefficient (Wildman–Crippen LogP) is 2.20. The van der Waals surface area contributed by atoms with Crippen molar-refractivity contribution in [1.82, 2.24) is 5.32 Å². The van der Waals surface area contributed by atoms with Gasteiger partial charge in [0.2, 0.25) is 0 Å². The molecular weight excluding hydrogens is 162 g/mol. The highest BCUT2D eigenvalue weighted by atomic mass is 33.1. The fourth-order valence-electron chi connectivity index (χ4n) is 0.859. The van der Waals surface area contributed by atoms with Gasteiger partial charge < -0.3 is 5.32 Å². The third kappa shape index (κ3) is 5.45. The molecule has 0 aliphatic carbocycles. The molecule has 0 aliphatic rings. The highest BCUT2D eigenvalue weighted by molar-refractivity contribution is 8.68. The van der Waals surface area contributed by atoms with Gasteiger partial charge in [0.1, 0.15) is 0 Å². The van der Waals surface area contributed by atoms with E-state index in [2.05, 4.69) is 23.9 Å². The third-order valence-electron chi connectivity index (χ3n) is 1.69. The molecule has 0 aromatic heterocycles. The number of thiol groups is 1. The van der Waals surface area contributed by atoms with Crippen LogP contribution >= 0.6 is 22.5 Å². The van der Waals surface area contributed by atoms with E-state index >= 15 is 0 Å². The van der Waals surface area contributed by atoms with E-state index in [0.29, 0.717) is 0 Å². The van der Waals surface area contributed by atoms with Crippen LogP contribution in [0.1, 0.15) is 19.8 Å². The smallest absolute Gasteiger partial charge is 0.00632 e. The summed E-state index contributed by atoms with van der Waals surface area (Å²) in [7, 11) is 3.65. The van der Waals surface area contributed by atoms with Crippen molar-refractivity contribution in [2.75, 3.05) is 19.3 Å². The van der Waals surface area contributed by atoms with Crippen molar-refractivity contribution in [1.29, 1.82) is 0 Å². The molecule has 0 heterocycles. The Morgan fingerprint density at radius 1 is 1.60 bits per heavy atom. The first-order valence-electron chi connectivity index (χ1n) is 3.76. The Morgan fingerprint density at radius 2 is 2.30 bits per heavy atom. The van der Waals surface area contributed by atoms with Crippen LogP contribution < -0.4 is 5.32 Å². The summed E-state index contributed by atoms with van der Waals surface area (Å²) in [6, 6.07) is 0. The van der Waals surface area contributed by atoms with Crippen molar-refractivity contribution >= 4 is 22.5 Å². The normalized spacial score (nSPS) is 13.5. The Morgan fingerprint density at radius 3 is 2.70 bits per heavy atom. The minimum atomic E-state index is 0.843. The van der Waals surface area contributed by atoms with Gasteiger partial charge >= 0.3 is 0 Å². The Labute approximate surface area is 73.2 Å². The Hall–Kier alpha value is 0.660. The van der Waals surface area contributed by atoms with Gasteiger partial charge in [-0.25, -0.2) is 0 Å². The van der Waals surface area contributed by atoms with Gasteiger partial charge in [-0.1, -0.05) is 24.1 Å². The average molecular weight is 179 g/mol. The number of hydrogen-bond donors (Lipinski definition) is 2. The second kappa shape index (κ2) is 7.76. The highest BCUT2D eigenvalue weighted by Gasteiger charge is 2.03. The van der Waals surface area contributed by atoms with Crippen LogP contribution in [-0.4, -0.2) is 19.3 Å². The number of nitrogens with one attached hydrogen (secondary N) is 1. The second-order valence-electron chi connectivity index (χ2n) is 2.46. The summed E-state index contributed by atoms with van der Waals surface area (Å²) in [6.07, 6.45) is 2.55. The molecule has 10 heavy (non-hydrogen) atoms. The van der Waals surface area contributed by atoms with Crippen LogP contribution in [0.4, 0.5) is 0 Å². The number of hydrogen-bond acceptors (Lipinski definition) is 3. The largest absolute Gasteiger partial charge is 0.320 e. The molecule has 1 nitrogen and oxygen atoms in total. The molecule has 0 amide bonds. The van der Waals surface area contributed by atoms with Crippen LogP contribution in [0.3, 0.4) is 0 Å². The molecular formula is C7H17NS2. The monoisotopic (exact) mass is 179 g/mol. The lowest BCUT2D eigenvalue weighted by molar-refractivity contribution is 0.511. The zero-order chi connectivity index (χ0) is 7.82. The third-order valence-corrected chi connectivity index (χ3v) is 2.76. The van der Waals surface area contributed by atoms with Crippen LogP contribution in [0.25, 0.3) is 0 Å². The van der Waals surface area contributed by atoms with Gasteiger partial charge in [-0.15, -0.1) is 11.7 Å². The SMILES string of the molecule is CCC(CCNC)CSS. The maximum atomic E-state index is 4.13. The lowest BCUT2D eigenvalue weighted by Crippen LogP contribution is -2.13. The Bertz CT molecular complexity index is 68.6. The Kier molecular flexibility index (Phi) is 8.28. The molecule has 0 radical (unpaired) electrons. The molecule has 62 valence electrons. The topological polar surface area (TPSA) is 12.0 Å². The second-order valence-corrected chi connectivity index (χ2v) is 3.83. The van der Waals surface area contributed by atoms with Crippen molar-refractivity contribution in [3.8, 4) is 0 Å². The molecule has 1 unspecified atom stereocenters. The standard InChI is InChI=1S/C7H17NS2/c1-3-7(6-10-9)4-5-8-2/h7-9H,3-6H2,1-2H3. The molecule has 0 saturated carbocycles. The van der Waals surface area contributed by atoms with E-state index in [4.69, 9.17) is 0 Å². The zero-order valence-corrected chi connectivity index (χ0v) is 8.47. The van der Waals surface area contributed by atoms with Crippen LogP contribution in [0.5, 0.6) is 0 Å². The summed E-state index contributed by atoms with van der Waals surface area (Å²) in [5.74, 6) is 2.02. The van der Waals surface area contributed by atoms with Gasteiger partial charge in [0.25, 0.3) is 0 Å². The minimum absolute atomic E-state index is 0.843. The van der Waals surface area contributed by atoms with Gasteiger partial charge in [-0.2, -0.15) is 0 Å². The summed E-state index contributed by atoms with van der Waals surface area (Å²) in [6.45, 7) is 3.37. The van der Waals surface area contributed by atoms with E-state index < -0.39 is 0 Å². The molecule has 0 aliphatic heterocycles. The first kappa shape index (κ1) is 10.7. The lowest BCUT2D eigenvalue weighted by atomic mass is 10.1. The molecule has 3 heteroatoms. The van der Waals surface area contributed by atoms with E-state index in [1.165, 1.54) is 18.6 Å².